The van der Waals surface area contributed by atoms with E-state index in [1.807, 2.05) is 0 Å². The molecule has 2 aromatic rings. The molecule has 26 heavy (non-hydrogen) atoms. The number of nitro benzene ring substituents is 1. The maximum atomic E-state index is 12.4. The highest BCUT2D eigenvalue weighted by Crippen LogP contribution is 2.22. The van der Waals surface area contributed by atoms with E-state index in [0.717, 1.165) is 18.5 Å². The molecule has 2 heterocycles. The highest BCUT2D eigenvalue weighted by molar-refractivity contribution is 5.71. The molecule has 1 aliphatic heterocycles. The largest absolute Gasteiger partial charge is 0.415 e. The van der Waals surface area contributed by atoms with Crippen LogP contribution < -0.4 is 10.3 Å². The standard InChI is InChI=1S/C17H18N4O5/c1-12-10-20(16(22)9-18-12)14-3-2-8-19(11-14)17(23)26-15-6-4-13(5-7-15)21(24)25/h4-7,9-10,14H,2-3,8,11H2,1H3. The van der Waals surface area contributed by atoms with Crippen LogP contribution in [0.1, 0.15) is 24.6 Å². The molecule has 0 saturated carbocycles. The second kappa shape index (κ2) is 7.34. The van der Waals surface area contributed by atoms with Gasteiger partial charge in [0.25, 0.3) is 11.2 Å². The monoisotopic (exact) mass is 358 g/mol. The molecule has 0 spiro atoms. The number of hydrogen-bond donors (Lipinski definition) is 0. The first-order chi connectivity index (χ1) is 12.4. The number of nitro groups is 1. The van der Waals surface area contributed by atoms with E-state index in [-0.39, 0.29) is 23.0 Å². The van der Waals surface area contributed by atoms with E-state index in [9.17, 15) is 19.7 Å². The van der Waals surface area contributed by atoms with Crippen LogP contribution >= 0.6 is 0 Å². The zero-order chi connectivity index (χ0) is 18.7. The summed E-state index contributed by atoms with van der Waals surface area (Å²) in [5.74, 6) is 0.236. The SMILES string of the molecule is Cc1cn(C2CCCN(C(=O)Oc3ccc([N+](=O)[O-])cc3)C2)c(=O)cn1. The summed E-state index contributed by atoms with van der Waals surface area (Å²) in [6.07, 6.45) is 3.96. The summed E-state index contributed by atoms with van der Waals surface area (Å²) in [7, 11) is 0. The van der Waals surface area contributed by atoms with Gasteiger partial charge in [-0.3, -0.25) is 19.9 Å². The Balaban J connectivity index is 1.69. The van der Waals surface area contributed by atoms with E-state index in [1.165, 1.54) is 35.4 Å². The maximum absolute atomic E-state index is 12.4. The maximum Gasteiger partial charge on any atom is 0.415 e. The van der Waals surface area contributed by atoms with Crippen LogP contribution in [-0.2, 0) is 0 Å². The molecular weight excluding hydrogens is 340 g/mol. The Morgan fingerprint density at radius 1 is 1.35 bits per heavy atom. The lowest BCUT2D eigenvalue weighted by molar-refractivity contribution is -0.384. The molecule has 1 atom stereocenters. The van der Waals surface area contributed by atoms with Crippen LogP contribution in [0.3, 0.4) is 0 Å². The summed E-state index contributed by atoms with van der Waals surface area (Å²) < 4.78 is 6.90. The number of piperidine rings is 1. The summed E-state index contributed by atoms with van der Waals surface area (Å²) in [6.45, 7) is 2.69. The zero-order valence-electron chi connectivity index (χ0n) is 14.2. The van der Waals surface area contributed by atoms with Gasteiger partial charge in [-0.1, -0.05) is 0 Å². The lowest BCUT2D eigenvalue weighted by atomic mass is 10.1. The van der Waals surface area contributed by atoms with Crippen LogP contribution in [0.25, 0.3) is 0 Å². The summed E-state index contributed by atoms with van der Waals surface area (Å²) >= 11 is 0. The van der Waals surface area contributed by atoms with Crippen LogP contribution in [0.2, 0.25) is 0 Å². The third-order valence-electron chi connectivity index (χ3n) is 4.26. The Hall–Kier alpha value is -3.23. The molecule has 9 nitrogen and oxygen atoms in total. The minimum Gasteiger partial charge on any atom is -0.410 e. The molecule has 1 unspecified atom stereocenters. The Morgan fingerprint density at radius 3 is 2.77 bits per heavy atom. The number of nitrogens with zero attached hydrogens (tertiary/aromatic N) is 4. The summed E-state index contributed by atoms with van der Waals surface area (Å²) in [4.78, 5) is 40.1. The van der Waals surface area contributed by atoms with Gasteiger partial charge in [-0.25, -0.2) is 4.79 Å². The average Bonchev–Trinajstić information content (AvgIpc) is 2.64. The van der Waals surface area contributed by atoms with Crippen LogP contribution in [0.4, 0.5) is 10.5 Å². The molecule has 1 fully saturated rings. The smallest absolute Gasteiger partial charge is 0.410 e. The third-order valence-corrected chi connectivity index (χ3v) is 4.26. The molecule has 1 aromatic heterocycles. The molecule has 1 saturated heterocycles. The topological polar surface area (TPSA) is 108 Å². The van der Waals surface area contributed by atoms with Crippen molar-refractivity contribution >= 4 is 11.8 Å². The lowest BCUT2D eigenvalue weighted by Crippen LogP contribution is -2.44. The Labute approximate surface area is 149 Å². The number of amides is 1. The van der Waals surface area contributed by atoms with E-state index in [0.29, 0.717) is 13.1 Å². The van der Waals surface area contributed by atoms with Crippen LogP contribution in [-0.4, -0.2) is 38.6 Å². The van der Waals surface area contributed by atoms with Crippen molar-refractivity contribution in [3.05, 3.63) is 62.8 Å². The molecule has 3 rings (SSSR count). The van der Waals surface area contributed by atoms with E-state index in [2.05, 4.69) is 4.98 Å². The Morgan fingerprint density at radius 2 is 2.08 bits per heavy atom. The number of hydrogen-bond acceptors (Lipinski definition) is 6. The van der Waals surface area contributed by atoms with Gasteiger partial charge in [-0.15, -0.1) is 0 Å². The fourth-order valence-corrected chi connectivity index (χ4v) is 2.96. The number of aryl methyl sites for hydroxylation is 1. The first-order valence-corrected chi connectivity index (χ1v) is 8.20. The summed E-state index contributed by atoms with van der Waals surface area (Å²) in [6, 6.07) is 5.19. The number of aromatic nitrogens is 2. The van der Waals surface area contributed by atoms with E-state index >= 15 is 0 Å². The average molecular weight is 358 g/mol. The van der Waals surface area contributed by atoms with Gasteiger partial charge in [-0.05, 0) is 31.9 Å². The van der Waals surface area contributed by atoms with Crippen LogP contribution in [0, 0.1) is 17.0 Å². The van der Waals surface area contributed by atoms with Gasteiger partial charge in [-0.2, -0.15) is 0 Å². The lowest BCUT2D eigenvalue weighted by Gasteiger charge is -2.32. The molecular formula is C17H18N4O5. The minimum atomic E-state index is -0.539. The number of carbonyl (C=O) groups is 1. The number of likely N-dealkylation sites (tertiary alicyclic amines) is 1. The van der Waals surface area contributed by atoms with Gasteiger partial charge < -0.3 is 14.2 Å². The predicted molar refractivity (Wildman–Crippen MR) is 92.2 cm³/mol. The van der Waals surface area contributed by atoms with Crippen molar-refractivity contribution in [1.29, 1.82) is 0 Å². The molecule has 0 radical (unpaired) electrons. The third kappa shape index (κ3) is 3.88. The number of carbonyl (C=O) groups excluding carboxylic acids is 1. The molecule has 136 valence electrons. The number of ether oxygens (including phenoxy) is 1. The fraction of sp³-hybridized carbons (Fsp3) is 0.353. The van der Waals surface area contributed by atoms with Gasteiger partial charge >= 0.3 is 6.09 Å². The first-order valence-electron chi connectivity index (χ1n) is 8.20. The molecule has 0 bridgehead atoms. The second-order valence-corrected chi connectivity index (χ2v) is 6.14. The van der Waals surface area contributed by atoms with Crippen LogP contribution in [0.15, 0.2) is 41.5 Å². The fourth-order valence-electron chi connectivity index (χ4n) is 2.96. The number of rotatable bonds is 3. The normalized spacial score (nSPS) is 17.0. The zero-order valence-corrected chi connectivity index (χ0v) is 14.2. The Bertz CT molecular complexity index is 877. The van der Waals surface area contributed by atoms with E-state index < -0.39 is 11.0 Å². The molecule has 0 aliphatic carbocycles. The van der Waals surface area contributed by atoms with Gasteiger partial charge in [0.1, 0.15) is 5.75 Å². The van der Waals surface area contributed by atoms with Crippen molar-refractivity contribution in [3.63, 3.8) is 0 Å². The van der Waals surface area contributed by atoms with Crippen LogP contribution in [0.5, 0.6) is 5.75 Å². The van der Waals surface area contributed by atoms with Crippen molar-refractivity contribution in [2.24, 2.45) is 0 Å². The number of benzene rings is 1. The number of non-ortho nitro benzene ring substituents is 1. The second-order valence-electron chi connectivity index (χ2n) is 6.14. The van der Waals surface area contributed by atoms with Gasteiger partial charge in [0, 0.05) is 31.4 Å². The highest BCUT2D eigenvalue weighted by Gasteiger charge is 2.26. The minimum absolute atomic E-state index is 0.0738. The van der Waals surface area contributed by atoms with Gasteiger partial charge in [0.15, 0.2) is 0 Å². The molecule has 1 aromatic carbocycles. The first kappa shape index (κ1) is 17.6. The summed E-state index contributed by atoms with van der Waals surface area (Å²) in [5.41, 5.74) is 0.455. The van der Waals surface area contributed by atoms with E-state index in [4.69, 9.17) is 4.74 Å². The molecule has 0 N–H and O–H groups in total. The predicted octanol–water partition coefficient (Wildman–Crippen LogP) is 2.30. The molecule has 1 amide bonds. The highest BCUT2D eigenvalue weighted by atomic mass is 16.6. The summed E-state index contributed by atoms with van der Waals surface area (Å²) in [5, 5.41) is 10.7. The van der Waals surface area contributed by atoms with Crippen molar-refractivity contribution in [3.8, 4) is 5.75 Å². The van der Waals surface area contributed by atoms with Crippen molar-refractivity contribution in [2.75, 3.05) is 13.1 Å². The Kier molecular flexibility index (Phi) is 4.97. The molecule has 1 aliphatic rings. The van der Waals surface area contributed by atoms with Crippen molar-refractivity contribution < 1.29 is 14.5 Å². The van der Waals surface area contributed by atoms with Crippen molar-refractivity contribution in [1.82, 2.24) is 14.5 Å². The van der Waals surface area contributed by atoms with Crippen molar-refractivity contribution in [2.45, 2.75) is 25.8 Å². The van der Waals surface area contributed by atoms with E-state index in [1.54, 1.807) is 17.7 Å². The van der Waals surface area contributed by atoms with Gasteiger partial charge in [0.05, 0.1) is 22.9 Å². The van der Waals surface area contributed by atoms with Gasteiger partial charge in [0.2, 0.25) is 0 Å². The quantitative estimate of drug-likeness (QED) is 0.615. The molecule has 9 heteroatoms.